The van der Waals surface area contributed by atoms with Gasteiger partial charge in [0.15, 0.2) is 0 Å². The maximum atomic E-state index is 12.5. The summed E-state index contributed by atoms with van der Waals surface area (Å²) < 4.78 is 5.08. The average Bonchev–Trinajstić information content (AvgIpc) is 2.39. The Morgan fingerprint density at radius 2 is 2.22 bits per heavy atom. The van der Waals surface area contributed by atoms with Crippen molar-refractivity contribution in [3.8, 4) is 6.07 Å². The van der Waals surface area contributed by atoms with E-state index in [1.807, 2.05) is 16.8 Å². The highest BCUT2D eigenvalue weighted by molar-refractivity contribution is 5.83. The molecule has 0 spiro atoms. The Labute approximate surface area is 109 Å². The van der Waals surface area contributed by atoms with Crippen LogP contribution >= 0.6 is 0 Å². The molecular formula is C13H23N3O2. The number of carbonyl (C=O) groups excluding carboxylic acids is 1. The van der Waals surface area contributed by atoms with Gasteiger partial charge in [-0.1, -0.05) is 0 Å². The van der Waals surface area contributed by atoms with Crippen LogP contribution < -0.4 is 0 Å². The van der Waals surface area contributed by atoms with Crippen LogP contribution in [0.4, 0.5) is 0 Å². The smallest absolute Gasteiger partial charge is 0.241 e. The third kappa shape index (κ3) is 3.21. The zero-order valence-corrected chi connectivity index (χ0v) is 11.8. The van der Waals surface area contributed by atoms with E-state index in [0.29, 0.717) is 13.2 Å². The fourth-order valence-electron chi connectivity index (χ4n) is 2.33. The molecule has 18 heavy (non-hydrogen) atoms. The number of rotatable bonds is 4. The van der Waals surface area contributed by atoms with Gasteiger partial charge in [-0.15, -0.1) is 0 Å². The molecule has 0 aromatic carbocycles. The Morgan fingerprint density at radius 3 is 2.78 bits per heavy atom. The van der Waals surface area contributed by atoms with Crippen LogP contribution in [0.25, 0.3) is 0 Å². The molecule has 1 unspecified atom stereocenters. The first kappa shape index (κ1) is 14.9. The molecule has 0 radical (unpaired) electrons. The van der Waals surface area contributed by atoms with E-state index < -0.39 is 0 Å². The summed E-state index contributed by atoms with van der Waals surface area (Å²) in [6.45, 7) is 6.08. The topological polar surface area (TPSA) is 56.6 Å². The van der Waals surface area contributed by atoms with Gasteiger partial charge in [0.05, 0.1) is 19.1 Å². The average molecular weight is 253 g/mol. The second kappa shape index (κ2) is 6.17. The maximum absolute atomic E-state index is 12.5. The lowest BCUT2D eigenvalue weighted by molar-refractivity contribution is -0.140. The molecule has 5 heteroatoms. The molecule has 1 saturated heterocycles. The van der Waals surface area contributed by atoms with E-state index in [-0.39, 0.29) is 23.9 Å². The predicted octanol–water partition coefficient (Wildman–Crippen LogP) is 0.858. The zero-order valence-electron chi connectivity index (χ0n) is 11.8. The highest BCUT2D eigenvalue weighted by atomic mass is 16.5. The molecule has 1 rings (SSSR count). The molecule has 0 N–H and O–H groups in total. The van der Waals surface area contributed by atoms with Crippen molar-refractivity contribution >= 4 is 5.91 Å². The van der Waals surface area contributed by atoms with Gasteiger partial charge in [-0.3, -0.25) is 9.69 Å². The first-order valence-electron chi connectivity index (χ1n) is 6.31. The molecule has 102 valence electrons. The van der Waals surface area contributed by atoms with Crippen molar-refractivity contribution < 1.29 is 9.53 Å². The minimum Gasteiger partial charge on any atom is -0.383 e. The lowest BCUT2D eigenvalue weighted by Crippen LogP contribution is -2.52. The van der Waals surface area contributed by atoms with E-state index >= 15 is 0 Å². The van der Waals surface area contributed by atoms with E-state index in [0.717, 1.165) is 13.0 Å². The summed E-state index contributed by atoms with van der Waals surface area (Å²) in [5.41, 5.74) is -0.186. The van der Waals surface area contributed by atoms with Gasteiger partial charge in [0, 0.05) is 25.7 Å². The number of nitriles is 1. The number of nitrogens with zero attached hydrogens (tertiary/aromatic N) is 3. The van der Waals surface area contributed by atoms with Gasteiger partial charge in [0.25, 0.3) is 0 Å². The van der Waals surface area contributed by atoms with Crippen LogP contribution in [0.2, 0.25) is 0 Å². The number of amides is 1. The first-order valence-corrected chi connectivity index (χ1v) is 6.31. The Morgan fingerprint density at radius 1 is 1.56 bits per heavy atom. The van der Waals surface area contributed by atoms with Gasteiger partial charge in [-0.2, -0.15) is 5.26 Å². The lowest BCUT2D eigenvalue weighted by Gasteiger charge is -2.37. The molecule has 0 aliphatic carbocycles. The maximum Gasteiger partial charge on any atom is 0.241 e. The fraction of sp³-hybridized carbons (Fsp3) is 0.846. The summed E-state index contributed by atoms with van der Waals surface area (Å²) in [6.07, 6.45) is 1.15. The van der Waals surface area contributed by atoms with E-state index in [4.69, 9.17) is 10.00 Å². The van der Waals surface area contributed by atoms with Crippen molar-refractivity contribution in [3.05, 3.63) is 0 Å². The van der Waals surface area contributed by atoms with Crippen LogP contribution in [-0.2, 0) is 9.53 Å². The monoisotopic (exact) mass is 253 g/mol. The largest absolute Gasteiger partial charge is 0.383 e. The van der Waals surface area contributed by atoms with E-state index in [1.165, 1.54) is 0 Å². The number of carbonyl (C=O) groups is 1. The number of hydrogen-bond acceptors (Lipinski definition) is 4. The van der Waals surface area contributed by atoms with Crippen LogP contribution in [-0.4, -0.2) is 61.1 Å². The van der Waals surface area contributed by atoms with Crippen molar-refractivity contribution in [2.45, 2.75) is 38.3 Å². The standard InChI is InChI=1S/C13H23N3O2/c1-13(2)6-8-15(3)11(5-7-14)12(17)16(13)9-10-18-4/h11H,5-6,8-10H2,1-4H3. The molecule has 1 amide bonds. The molecule has 1 fully saturated rings. The molecule has 1 atom stereocenters. The normalized spacial score (nSPS) is 24.7. The predicted molar refractivity (Wildman–Crippen MR) is 68.9 cm³/mol. The van der Waals surface area contributed by atoms with E-state index in [9.17, 15) is 4.79 Å². The summed E-state index contributed by atoms with van der Waals surface area (Å²) in [6, 6.07) is 1.78. The molecule has 0 aromatic heterocycles. The fourth-order valence-corrected chi connectivity index (χ4v) is 2.33. The van der Waals surface area contributed by atoms with E-state index in [1.54, 1.807) is 7.11 Å². The lowest BCUT2D eigenvalue weighted by atomic mass is 9.98. The zero-order chi connectivity index (χ0) is 13.8. The number of hydrogen-bond donors (Lipinski definition) is 0. The van der Waals surface area contributed by atoms with Gasteiger partial charge in [0.2, 0.25) is 5.91 Å². The van der Waals surface area contributed by atoms with Gasteiger partial charge in [0.1, 0.15) is 6.04 Å². The molecule has 1 aliphatic rings. The van der Waals surface area contributed by atoms with Gasteiger partial charge >= 0.3 is 0 Å². The van der Waals surface area contributed by atoms with Gasteiger partial charge in [-0.25, -0.2) is 0 Å². The quantitative estimate of drug-likeness (QED) is 0.745. The Bertz CT molecular complexity index is 336. The summed E-state index contributed by atoms with van der Waals surface area (Å²) in [5.74, 6) is 0.0404. The van der Waals surface area contributed by atoms with Crippen molar-refractivity contribution in [2.24, 2.45) is 0 Å². The summed E-state index contributed by atoms with van der Waals surface area (Å²) >= 11 is 0. The summed E-state index contributed by atoms with van der Waals surface area (Å²) in [5, 5.41) is 8.87. The SMILES string of the molecule is COCCN1C(=O)C(CC#N)N(C)CCC1(C)C. The third-order valence-corrected chi connectivity index (χ3v) is 3.69. The minimum atomic E-state index is -0.325. The van der Waals surface area contributed by atoms with Crippen molar-refractivity contribution in [1.82, 2.24) is 9.80 Å². The van der Waals surface area contributed by atoms with Crippen LogP contribution in [0, 0.1) is 11.3 Å². The number of likely N-dealkylation sites (N-methyl/N-ethyl adjacent to an activating group) is 1. The van der Waals surface area contributed by atoms with Crippen molar-refractivity contribution in [3.63, 3.8) is 0 Å². The molecule has 0 bridgehead atoms. The van der Waals surface area contributed by atoms with Crippen LogP contribution in [0.1, 0.15) is 26.7 Å². The summed E-state index contributed by atoms with van der Waals surface area (Å²) in [4.78, 5) is 16.4. The minimum absolute atomic E-state index is 0.0404. The van der Waals surface area contributed by atoms with Gasteiger partial charge in [-0.05, 0) is 27.3 Å². The highest BCUT2D eigenvalue weighted by Gasteiger charge is 2.39. The molecule has 0 saturated carbocycles. The molecule has 1 heterocycles. The summed E-state index contributed by atoms with van der Waals surface area (Å²) in [7, 11) is 3.55. The first-order chi connectivity index (χ1) is 8.44. The molecule has 5 nitrogen and oxygen atoms in total. The Hall–Kier alpha value is -1.12. The van der Waals surface area contributed by atoms with E-state index in [2.05, 4.69) is 19.9 Å². The molecule has 0 aromatic rings. The van der Waals surface area contributed by atoms with Gasteiger partial charge < -0.3 is 9.64 Å². The Balaban J connectivity index is 2.94. The molecule has 1 aliphatic heterocycles. The second-order valence-electron chi connectivity index (χ2n) is 5.40. The van der Waals surface area contributed by atoms with Crippen molar-refractivity contribution in [1.29, 1.82) is 5.26 Å². The molecular weight excluding hydrogens is 230 g/mol. The third-order valence-electron chi connectivity index (χ3n) is 3.69. The number of methoxy groups -OCH3 is 1. The second-order valence-corrected chi connectivity index (χ2v) is 5.40. The van der Waals surface area contributed by atoms with Crippen LogP contribution in [0.15, 0.2) is 0 Å². The highest BCUT2D eigenvalue weighted by Crippen LogP contribution is 2.25. The van der Waals surface area contributed by atoms with Crippen LogP contribution in [0.5, 0.6) is 0 Å². The van der Waals surface area contributed by atoms with Crippen molar-refractivity contribution in [2.75, 3.05) is 33.9 Å². The Kier molecular flexibility index (Phi) is 5.12. The number of ether oxygens (including phenoxy) is 1. The van der Waals surface area contributed by atoms with Crippen LogP contribution in [0.3, 0.4) is 0 Å².